The normalized spacial score (nSPS) is 10.1. The van der Waals surface area contributed by atoms with Gasteiger partial charge in [-0.05, 0) is 31.5 Å². The van der Waals surface area contributed by atoms with E-state index in [0.717, 1.165) is 17.0 Å². The van der Waals surface area contributed by atoms with E-state index in [1.807, 2.05) is 18.4 Å². The van der Waals surface area contributed by atoms with Crippen molar-refractivity contribution in [2.75, 3.05) is 6.61 Å². The van der Waals surface area contributed by atoms with Crippen LogP contribution in [0, 0.1) is 31.5 Å². The number of halogens is 1. The molecule has 0 saturated carbocycles. The molecule has 0 saturated heterocycles. The first-order chi connectivity index (χ1) is 9.11. The number of rotatable bonds is 2. The fraction of sp³-hybridized carbons (Fsp3) is 0.267. The van der Waals surface area contributed by atoms with Gasteiger partial charge in [-0.3, -0.25) is 0 Å². The Morgan fingerprint density at radius 3 is 2.79 bits per heavy atom. The fourth-order valence-electron chi connectivity index (χ4n) is 1.80. The monoisotopic (exact) mass is 258 g/mol. The lowest BCUT2D eigenvalue weighted by Crippen LogP contribution is -2.01. The number of aliphatic hydroxyl groups excluding tert-OH is 1. The number of nitrogens with zero attached hydrogens (tertiary/aromatic N) is 2. The van der Waals surface area contributed by atoms with Crippen molar-refractivity contribution in [3.8, 4) is 11.8 Å². The molecular weight excluding hydrogens is 243 g/mol. The Balaban J connectivity index is 2.29. The van der Waals surface area contributed by atoms with E-state index in [-0.39, 0.29) is 12.4 Å². The molecule has 0 bridgehead atoms. The summed E-state index contributed by atoms with van der Waals surface area (Å²) in [5, 5.41) is 8.65. The van der Waals surface area contributed by atoms with Crippen LogP contribution in [0.3, 0.4) is 0 Å². The molecule has 0 aliphatic heterocycles. The second-order valence-corrected chi connectivity index (χ2v) is 4.32. The van der Waals surface area contributed by atoms with Crippen molar-refractivity contribution in [1.82, 2.24) is 9.55 Å². The Bertz CT molecular complexity index is 650. The second-order valence-electron chi connectivity index (χ2n) is 4.32. The third-order valence-electron chi connectivity index (χ3n) is 3.03. The Morgan fingerprint density at radius 2 is 2.16 bits per heavy atom. The molecule has 2 aromatic rings. The number of imidazole rings is 1. The van der Waals surface area contributed by atoms with Gasteiger partial charge in [0.2, 0.25) is 0 Å². The van der Waals surface area contributed by atoms with Crippen LogP contribution in [-0.2, 0) is 6.54 Å². The van der Waals surface area contributed by atoms with Gasteiger partial charge < -0.3 is 9.67 Å². The van der Waals surface area contributed by atoms with E-state index in [2.05, 4.69) is 16.8 Å². The van der Waals surface area contributed by atoms with Crippen molar-refractivity contribution in [2.24, 2.45) is 0 Å². The number of hydrogen-bond donors (Lipinski definition) is 1. The molecule has 0 fully saturated rings. The number of aliphatic hydroxyl groups is 1. The van der Waals surface area contributed by atoms with Gasteiger partial charge in [-0.1, -0.05) is 17.9 Å². The maximum absolute atomic E-state index is 13.5. The zero-order valence-electron chi connectivity index (χ0n) is 10.9. The van der Waals surface area contributed by atoms with Crippen LogP contribution in [0.2, 0.25) is 0 Å². The first-order valence-corrected chi connectivity index (χ1v) is 5.98. The molecule has 2 rings (SSSR count). The minimum atomic E-state index is -0.372. The SMILES string of the molecule is Cc1ncn(Cc2ccc(F)c(C#CCO)c2)c1C. The van der Waals surface area contributed by atoms with Crippen LogP contribution in [0.1, 0.15) is 22.5 Å². The van der Waals surface area contributed by atoms with Crippen molar-refractivity contribution < 1.29 is 9.50 Å². The maximum Gasteiger partial charge on any atom is 0.138 e. The van der Waals surface area contributed by atoms with Crippen molar-refractivity contribution in [2.45, 2.75) is 20.4 Å². The van der Waals surface area contributed by atoms with E-state index in [0.29, 0.717) is 12.1 Å². The topological polar surface area (TPSA) is 38.0 Å². The molecule has 0 atom stereocenters. The molecule has 0 radical (unpaired) electrons. The van der Waals surface area contributed by atoms with E-state index < -0.39 is 0 Å². The number of benzene rings is 1. The third-order valence-corrected chi connectivity index (χ3v) is 3.03. The molecule has 0 aliphatic carbocycles. The summed E-state index contributed by atoms with van der Waals surface area (Å²) in [6.45, 7) is 4.30. The average molecular weight is 258 g/mol. The molecule has 1 N–H and O–H groups in total. The van der Waals surface area contributed by atoms with Crippen molar-refractivity contribution in [1.29, 1.82) is 0 Å². The van der Waals surface area contributed by atoms with E-state index in [1.165, 1.54) is 6.07 Å². The lowest BCUT2D eigenvalue weighted by molar-refractivity contribution is 0.350. The average Bonchev–Trinajstić information content (AvgIpc) is 2.71. The molecule has 1 aromatic carbocycles. The Kier molecular flexibility index (Phi) is 3.98. The van der Waals surface area contributed by atoms with Gasteiger partial charge in [0.15, 0.2) is 0 Å². The summed E-state index contributed by atoms with van der Waals surface area (Å²) in [5.74, 6) is 4.70. The van der Waals surface area contributed by atoms with Crippen LogP contribution in [0.5, 0.6) is 0 Å². The standard InChI is InChI=1S/C15H15FN2O/c1-11-12(2)18(10-17-11)9-13-5-6-15(16)14(8-13)4-3-7-19/h5-6,8,10,19H,7,9H2,1-2H3. The summed E-state index contributed by atoms with van der Waals surface area (Å²) < 4.78 is 15.5. The molecule has 3 nitrogen and oxygen atoms in total. The molecular formula is C15H15FN2O. The molecule has 0 amide bonds. The van der Waals surface area contributed by atoms with E-state index in [4.69, 9.17) is 5.11 Å². The largest absolute Gasteiger partial charge is 0.384 e. The quantitative estimate of drug-likeness (QED) is 0.837. The highest BCUT2D eigenvalue weighted by Crippen LogP contribution is 2.13. The summed E-state index contributed by atoms with van der Waals surface area (Å²) in [7, 11) is 0. The molecule has 1 heterocycles. The highest BCUT2D eigenvalue weighted by atomic mass is 19.1. The van der Waals surface area contributed by atoms with Gasteiger partial charge >= 0.3 is 0 Å². The van der Waals surface area contributed by atoms with E-state index in [9.17, 15) is 4.39 Å². The Labute approximate surface area is 111 Å². The van der Waals surface area contributed by atoms with E-state index >= 15 is 0 Å². The number of aryl methyl sites for hydroxylation is 1. The highest BCUT2D eigenvalue weighted by Gasteiger charge is 2.05. The minimum Gasteiger partial charge on any atom is -0.384 e. The summed E-state index contributed by atoms with van der Waals surface area (Å²) in [6, 6.07) is 4.83. The summed E-state index contributed by atoms with van der Waals surface area (Å²) in [6.07, 6.45) is 1.77. The van der Waals surface area contributed by atoms with Gasteiger partial charge in [0, 0.05) is 12.2 Å². The molecule has 0 spiro atoms. The van der Waals surface area contributed by atoms with Crippen LogP contribution in [-0.4, -0.2) is 21.3 Å². The molecule has 98 valence electrons. The van der Waals surface area contributed by atoms with Gasteiger partial charge in [-0.15, -0.1) is 0 Å². The van der Waals surface area contributed by atoms with Crippen molar-refractivity contribution in [3.63, 3.8) is 0 Å². The predicted molar refractivity (Wildman–Crippen MR) is 71.2 cm³/mol. The lowest BCUT2D eigenvalue weighted by Gasteiger charge is -2.06. The number of hydrogen-bond acceptors (Lipinski definition) is 2. The second kappa shape index (κ2) is 5.68. The molecule has 4 heteroatoms. The number of aromatic nitrogens is 2. The summed E-state index contributed by atoms with van der Waals surface area (Å²) >= 11 is 0. The minimum absolute atomic E-state index is 0.274. The zero-order chi connectivity index (χ0) is 13.8. The molecule has 0 unspecified atom stereocenters. The van der Waals surface area contributed by atoms with Crippen molar-refractivity contribution >= 4 is 0 Å². The summed E-state index contributed by atoms with van der Waals surface area (Å²) in [4.78, 5) is 4.23. The summed E-state index contributed by atoms with van der Waals surface area (Å²) in [5.41, 5.74) is 3.33. The van der Waals surface area contributed by atoms with Crippen LogP contribution >= 0.6 is 0 Å². The highest BCUT2D eigenvalue weighted by molar-refractivity contribution is 5.38. The first kappa shape index (κ1) is 13.3. The van der Waals surface area contributed by atoms with Gasteiger partial charge in [-0.25, -0.2) is 9.37 Å². The van der Waals surface area contributed by atoms with Gasteiger partial charge in [0.25, 0.3) is 0 Å². The Hall–Kier alpha value is -2.12. The zero-order valence-corrected chi connectivity index (χ0v) is 10.9. The van der Waals surface area contributed by atoms with E-state index in [1.54, 1.807) is 18.5 Å². The maximum atomic E-state index is 13.5. The smallest absolute Gasteiger partial charge is 0.138 e. The van der Waals surface area contributed by atoms with Crippen LogP contribution in [0.25, 0.3) is 0 Å². The van der Waals surface area contributed by atoms with Crippen LogP contribution < -0.4 is 0 Å². The first-order valence-electron chi connectivity index (χ1n) is 5.98. The van der Waals surface area contributed by atoms with Gasteiger partial charge in [0.1, 0.15) is 12.4 Å². The van der Waals surface area contributed by atoms with Gasteiger partial charge in [-0.2, -0.15) is 0 Å². The van der Waals surface area contributed by atoms with Crippen LogP contribution in [0.15, 0.2) is 24.5 Å². The van der Waals surface area contributed by atoms with Crippen LogP contribution in [0.4, 0.5) is 4.39 Å². The van der Waals surface area contributed by atoms with Gasteiger partial charge in [0.05, 0.1) is 17.6 Å². The molecule has 1 aromatic heterocycles. The lowest BCUT2D eigenvalue weighted by atomic mass is 10.1. The third kappa shape index (κ3) is 3.01. The molecule has 0 aliphatic rings. The fourth-order valence-corrected chi connectivity index (χ4v) is 1.80. The Morgan fingerprint density at radius 1 is 1.37 bits per heavy atom. The molecule has 19 heavy (non-hydrogen) atoms. The van der Waals surface area contributed by atoms with Crippen molar-refractivity contribution in [3.05, 3.63) is 52.9 Å². The predicted octanol–water partition coefficient (Wildman–Crippen LogP) is 2.03.